The summed E-state index contributed by atoms with van der Waals surface area (Å²) >= 11 is 0. The van der Waals surface area contributed by atoms with Gasteiger partial charge in [-0.15, -0.1) is 0 Å². The maximum Gasteiger partial charge on any atom is 0.416 e. The molecule has 0 aliphatic carbocycles. The fourth-order valence-corrected chi connectivity index (χ4v) is 5.39. The molecule has 0 saturated carbocycles. The number of halogens is 3. The van der Waals surface area contributed by atoms with Crippen molar-refractivity contribution in [1.82, 2.24) is 10.2 Å². The van der Waals surface area contributed by atoms with Crippen LogP contribution in [-0.4, -0.2) is 44.3 Å². The van der Waals surface area contributed by atoms with Gasteiger partial charge in [0.2, 0.25) is 11.8 Å². The molecule has 0 aliphatic rings. The molecule has 0 radical (unpaired) electrons. The van der Waals surface area contributed by atoms with Gasteiger partial charge < -0.3 is 10.2 Å². The number of rotatable bonds is 10. The minimum Gasteiger partial charge on any atom is -0.355 e. The van der Waals surface area contributed by atoms with Gasteiger partial charge in [-0.1, -0.05) is 48.5 Å². The number of anilines is 1. The number of nitrogens with one attached hydrogen (secondary N) is 1. The van der Waals surface area contributed by atoms with E-state index in [2.05, 4.69) is 5.32 Å². The Bertz CT molecular complexity index is 1410. The molecular formula is C28H30F3N3O4S. The van der Waals surface area contributed by atoms with Crippen molar-refractivity contribution in [2.45, 2.75) is 44.4 Å². The predicted octanol–water partition coefficient (Wildman–Crippen LogP) is 4.76. The summed E-state index contributed by atoms with van der Waals surface area (Å²) in [6.45, 7) is 4.55. The highest BCUT2D eigenvalue weighted by Crippen LogP contribution is 2.33. The van der Waals surface area contributed by atoms with Crippen LogP contribution in [0.25, 0.3) is 0 Å². The number of sulfonamides is 1. The topological polar surface area (TPSA) is 86.8 Å². The number of hydrogen-bond donors (Lipinski definition) is 1. The second-order valence-electron chi connectivity index (χ2n) is 8.89. The Morgan fingerprint density at radius 1 is 0.949 bits per heavy atom. The zero-order chi connectivity index (χ0) is 28.8. The highest BCUT2D eigenvalue weighted by atomic mass is 32.2. The van der Waals surface area contributed by atoms with Gasteiger partial charge >= 0.3 is 6.18 Å². The Balaban J connectivity index is 2.09. The van der Waals surface area contributed by atoms with Crippen LogP contribution in [0.1, 0.15) is 30.5 Å². The summed E-state index contributed by atoms with van der Waals surface area (Å²) in [6, 6.07) is 17.1. The SMILES string of the molecule is CCNC(=O)[C@H](C)N(Cc1ccccc1C)C(=O)CN(c1cccc(C(F)(F)F)c1)S(=O)(=O)c1ccccc1. The highest BCUT2D eigenvalue weighted by Gasteiger charge is 2.35. The first-order valence-electron chi connectivity index (χ1n) is 12.2. The van der Waals surface area contributed by atoms with Crippen LogP contribution in [0.2, 0.25) is 0 Å². The number of hydrogen-bond acceptors (Lipinski definition) is 4. The second kappa shape index (κ2) is 12.3. The molecule has 2 amide bonds. The molecule has 0 saturated heterocycles. The fraction of sp³-hybridized carbons (Fsp3) is 0.286. The molecule has 3 aromatic rings. The van der Waals surface area contributed by atoms with Gasteiger partial charge in [0.05, 0.1) is 16.1 Å². The average molecular weight is 562 g/mol. The number of likely N-dealkylation sites (N-methyl/N-ethyl adjacent to an activating group) is 1. The van der Waals surface area contributed by atoms with E-state index in [1.54, 1.807) is 25.1 Å². The maximum atomic E-state index is 13.8. The van der Waals surface area contributed by atoms with Crippen molar-refractivity contribution < 1.29 is 31.2 Å². The van der Waals surface area contributed by atoms with Crippen molar-refractivity contribution in [1.29, 1.82) is 0 Å². The van der Waals surface area contributed by atoms with Gasteiger partial charge in [-0.2, -0.15) is 13.2 Å². The van der Waals surface area contributed by atoms with E-state index in [1.165, 1.54) is 42.2 Å². The van der Waals surface area contributed by atoms with Crippen LogP contribution in [-0.2, 0) is 32.3 Å². The van der Waals surface area contributed by atoms with E-state index in [1.807, 2.05) is 19.1 Å². The average Bonchev–Trinajstić information content (AvgIpc) is 2.91. The minimum atomic E-state index is -4.73. The first-order valence-corrected chi connectivity index (χ1v) is 13.7. The largest absolute Gasteiger partial charge is 0.416 e. The lowest BCUT2D eigenvalue weighted by Crippen LogP contribution is -2.51. The van der Waals surface area contributed by atoms with Gasteiger partial charge in [-0.05, 0) is 62.2 Å². The smallest absolute Gasteiger partial charge is 0.355 e. The molecule has 11 heteroatoms. The van der Waals surface area contributed by atoms with E-state index in [9.17, 15) is 31.2 Å². The lowest BCUT2D eigenvalue weighted by atomic mass is 10.1. The maximum absolute atomic E-state index is 13.8. The third kappa shape index (κ3) is 7.17. The number of benzene rings is 3. The van der Waals surface area contributed by atoms with Crippen molar-refractivity contribution in [3.05, 3.63) is 95.6 Å². The Morgan fingerprint density at radius 3 is 2.21 bits per heavy atom. The summed E-state index contributed by atoms with van der Waals surface area (Å²) in [6.07, 6.45) is -4.73. The van der Waals surface area contributed by atoms with Crippen LogP contribution in [0.15, 0.2) is 83.8 Å². The Labute approximate surface area is 226 Å². The molecule has 3 rings (SSSR count). The Morgan fingerprint density at radius 2 is 1.59 bits per heavy atom. The van der Waals surface area contributed by atoms with Crippen LogP contribution < -0.4 is 9.62 Å². The third-order valence-electron chi connectivity index (χ3n) is 6.19. The van der Waals surface area contributed by atoms with Gasteiger partial charge in [-0.3, -0.25) is 13.9 Å². The van der Waals surface area contributed by atoms with Gasteiger partial charge in [0.25, 0.3) is 10.0 Å². The zero-order valence-corrected chi connectivity index (χ0v) is 22.6. The first kappa shape index (κ1) is 29.7. The van der Waals surface area contributed by atoms with Crippen LogP contribution in [0.3, 0.4) is 0 Å². The van der Waals surface area contributed by atoms with Crippen molar-refractivity contribution in [2.75, 3.05) is 17.4 Å². The van der Waals surface area contributed by atoms with E-state index in [0.717, 1.165) is 23.3 Å². The molecule has 39 heavy (non-hydrogen) atoms. The van der Waals surface area contributed by atoms with Crippen LogP contribution in [0, 0.1) is 6.92 Å². The Hall–Kier alpha value is -3.86. The monoisotopic (exact) mass is 561 g/mol. The van der Waals surface area contributed by atoms with Crippen molar-refractivity contribution in [3.8, 4) is 0 Å². The summed E-state index contributed by atoms with van der Waals surface area (Å²) < 4.78 is 68.5. The standard InChI is InChI=1S/C28H30F3N3O4S/c1-4-32-27(36)21(3)33(18-22-12-9-8-11-20(22)2)26(35)19-34(39(37,38)25-15-6-5-7-16-25)24-14-10-13-23(17-24)28(29,30)31/h5-17,21H,4,18-19H2,1-3H3,(H,32,36)/t21-/m0/s1. The summed E-state index contributed by atoms with van der Waals surface area (Å²) in [4.78, 5) is 27.5. The number of carbonyl (C=O) groups is 2. The molecule has 0 fully saturated rings. The van der Waals surface area contributed by atoms with Crippen molar-refractivity contribution >= 4 is 27.5 Å². The van der Waals surface area contributed by atoms with Crippen LogP contribution in [0.4, 0.5) is 18.9 Å². The molecule has 1 N–H and O–H groups in total. The molecule has 1 atom stereocenters. The number of nitrogens with zero attached hydrogens (tertiary/aromatic N) is 2. The number of aryl methyl sites for hydroxylation is 1. The fourth-order valence-electron chi connectivity index (χ4n) is 3.96. The van der Waals surface area contributed by atoms with E-state index in [0.29, 0.717) is 16.9 Å². The molecule has 7 nitrogen and oxygen atoms in total. The van der Waals surface area contributed by atoms with Crippen LogP contribution >= 0.6 is 0 Å². The van der Waals surface area contributed by atoms with E-state index < -0.39 is 46.2 Å². The Kier molecular flexibility index (Phi) is 9.39. The summed E-state index contributed by atoms with van der Waals surface area (Å²) in [5.74, 6) is -1.20. The minimum absolute atomic E-state index is 0.00831. The van der Waals surface area contributed by atoms with Gasteiger partial charge in [0, 0.05) is 13.1 Å². The molecule has 0 heterocycles. The molecule has 0 spiro atoms. The third-order valence-corrected chi connectivity index (χ3v) is 7.98. The number of amides is 2. The summed E-state index contributed by atoms with van der Waals surface area (Å²) in [5, 5.41) is 2.66. The second-order valence-corrected chi connectivity index (χ2v) is 10.8. The van der Waals surface area contributed by atoms with Gasteiger partial charge in [-0.25, -0.2) is 8.42 Å². The first-order chi connectivity index (χ1) is 18.4. The predicted molar refractivity (Wildman–Crippen MR) is 142 cm³/mol. The quantitative estimate of drug-likeness (QED) is 0.387. The molecule has 0 aliphatic heterocycles. The number of alkyl halides is 3. The van der Waals surface area contributed by atoms with Crippen molar-refractivity contribution in [3.63, 3.8) is 0 Å². The lowest BCUT2D eigenvalue weighted by molar-refractivity contribution is -0.139. The van der Waals surface area contributed by atoms with E-state index >= 15 is 0 Å². The lowest BCUT2D eigenvalue weighted by Gasteiger charge is -2.32. The number of carbonyl (C=O) groups excluding carboxylic acids is 2. The molecule has 208 valence electrons. The molecular weight excluding hydrogens is 531 g/mol. The molecule has 0 aromatic heterocycles. The summed E-state index contributed by atoms with van der Waals surface area (Å²) in [7, 11) is -4.46. The molecule has 0 unspecified atom stereocenters. The molecule has 0 bridgehead atoms. The van der Waals surface area contributed by atoms with Gasteiger partial charge in [0.15, 0.2) is 0 Å². The van der Waals surface area contributed by atoms with Gasteiger partial charge in [0.1, 0.15) is 12.6 Å². The van der Waals surface area contributed by atoms with Crippen LogP contribution in [0.5, 0.6) is 0 Å². The highest BCUT2D eigenvalue weighted by molar-refractivity contribution is 7.92. The van der Waals surface area contributed by atoms with E-state index in [4.69, 9.17) is 0 Å². The van der Waals surface area contributed by atoms with Crippen molar-refractivity contribution in [2.24, 2.45) is 0 Å². The van der Waals surface area contributed by atoms with E-state index in [-0.39, 0.29) is 17.1 Å². The normalized spacial score (nSPS) is 12.5. The zero-order valence-electron chi connectivity index (χ0n) is 21.8. The summed E-state index contributed by atoms with van der Waals surface area (Å²) in [5.41, 5.74) is 0.195. The molecule has 3 aromatic carbocycles.